The van der Waals surface area contributed by atoms with Crippen LogP contribution >= 0.6 is 11.3 Å². The van der Waals surface area contributed by atoms with Gasteiger partial charge >= 0.3 is 0 Å². The number of fused-ring (bicyclic) bond motifs is 1. The lowest BCUT2D eigenvalue weighted by atomic mass is 10.1. The van der Waals surface area contributed by atoms with Crippen LogP contribution in [-0.2, 0) is 4.74 Å². The zero-order valence-corrected chi connectivity index (χ0v) is 12.2. The van der Waals surface area contributed by atoms with Crippen molar-refractivity contribution in [2.24, 2.45) is 0 Å². The summed E-state index contributed by atoms with van der Waals surface area (Å²) >= 11 is 1.69. The molecule has 0 unspecified atom stereocenters. The second-order valence-electron chi connectivity index (χ2n) is 5.07. The predicted octanol–water partition coefficient (Wildman–Crippen LogP) is 2.80. The molecule has 5 heteroatoms. The average Bonchev–Trinajstić information content (AvgIpc) is 2.77. The van der Waals surface area contributed by atoms with Gasteiger partial charge in [-0.05, 0) is 31.9 Å². The van der Waals surface area contributed by atoms with Crippen LogP contribution < -0.4 is 10.6 Å². The van der Waals surface area contributed by atoms with Crippen molar-refractivity contribution in [2.75, 3.05) is 30.9 Å². The van der Waals surface area contributed by atoms with E-state index in [9.17, 15) is 0 Å². The molecular weight excluding hydrogens is 258 g/mol. The molecule has 2 N–H and O–H groups in total. The second kappa shape index (κ2) is 4.98. The number of thiazole rings is 1. The van der Waals surface area contributed by atoms with E-state index < -0.39 is 0 Å². The molecule has 0 bridgehead atoms. The summed E-state index contributed by atoms with van der Waals surface area (Å²) in [5.74, 6) is 0. The number of rotatable bonds is 2. The fourth-order valence-corrected chi connectivity index (χ4v) is 3.53. The lowest BCUT2D eigenvalue weighted by Gasteiger charge is -2.33. The van der Waals surface area contributed by atoms with Gasteiger partial charge in [-0.15, -0.1) is 11.3 Å². The number of nitrogens with zero attached hydrogens (tertiary/aromatic N) is 2. The van der Waals surface area contributed by atoms with Crippen LogP contribution in [0.3, 0.4) is 0 Å². The van der Waals surface area contributed by atoms with Crippen molar-refractivity contribution in [3.63, 3.8) is 0 Å². The van der Waals surface area contributed by atoms with Crippen molar-refractivity contribution in [3.05, 3.63) is 17.1 Å². The maximum Gasteiger partial charge on any atom is 0.0907 e. The molecule has 0 atom stereocenters. The summed E-state index contributed by atoms with van der Waals surface area (Å²) in [7, 11) is 2.12. The number of hydrogen-bond acceptors (Lipinski definition) is 5. The van der Waals surface area contributed by atoms with Gasteiger partial charge in [-0.2, -0.15) is 0 Å². The van der Waals surface area contributed by atoms with E-state index in [-0.39, 0.29) is 0 Å². The van der Waals surface area contributed by atoms with Crippen LogP contribution in [0, 0.1) is 6.92 Å². The first kappa shape index (κ1) is 12.7. The molecule has 2 heterocycles. The minimum absolute atomic E-state index is 0.508. The van der Waals surface area contributed by atoms with E-state index in [0.29, 0.717) is 6.04 Å². The predicted molar refractivity (Wildman–Crippen MR) is 81.0 cm³/mol. The largest absolute Gasteiger partial charge is 0.397 e. The summed E-state index contributed by atoms with van der Waals surface area (Å²) in [6.07, 6.45) is 2.12. The summed E-state index contributed by atoms with van der Waals surface area (Å²) in [4.78, 5) is 6.84. The molecule has 0 radical (unpaired) electrons. The summed E-state index contributed by atoms with van der Waals surface area (Å²) in [6.45, 7) is 3.71. The number of aryl methyl sites for hydroxylation is 1. The number of ether oxygens (including phenoxy) is 1. The molecule has 0 saturated carbocycles. The Morgan fingerprint density at radius 3 is 2.84 bits per heavy atom. The van der Waals surface area contributed by atoms with Crippen molar-refractivity contribution in [2.45, 2.75) is 25.8 Å². The van der Waals surface area contributed by atoms with E-state index in [0.717, 1.165) is 48.0 Å². The second-order valence-corrected chi connectivity index (χ2v) is 6.30. The molecule has 19 heavy (non-hydrogen) atoms. The highest BCUT2D eigenvalue weighted by Crippen LogP contribution is 2.33. The molecule has 3 rings (SSSR count). The molecule has 1 aliphatic heterocycles. The van der Waals surface area contributed by atoms with Crippen molar-refractivity contribution in [1.29, 1.82) is 0 Å². The summed E-state index contributed by atoms with van der Waals surface area (Å²) in [5, 5.41) is 1.08. The van der Waals surface area contributed by atoms with Gasteiger partial charge in [0.1, 0.15) is 0 Å². The van der Waals surface area contributed by atoms with Crippen molar-refractivity contribution < 1.29 is 4.74 Å². The topological polar surface area (TPSA) is 51.4 Å². The van der Waals surface area contributed by atoms with Crippen LogP contribution in [0.15, 0.2) is 12.1 Å². The Labute approximate surface area is 117 Å². The van der Waals surface area contributed by atoms with Crippen LogP contribution in [0.25, 0.3) is 10.2 Å². The van der Waals surface area contributed by atoms with Crippen LogP contribution in [0.4, 0.5) is 11.4 Å². The highest BCUT2D eigenvalue weighted by atomic mass is 32.1. The molecule has 1 aliphatic rings. The minimum Gasteiger partial charge on any atom is -0.397 e. The van der Waals surface area contributed by atoms with Gasteiger partial charge in [-0.25, -0.2) is 4.98 Å². The average molecular weight is 277 g/mol. The fourth-order valence-electron chi connectivity index (χ4n) is 2.67. The smallest absolute Gasteiger partial charge is 0.0907 e. The third-order valence-electron chi connectivity index (χ3n) is 3.76. The van der Waals surface area contributed by atoms with E-state index in [1.54, 1.807) is 11.3 Å². The normalized spacial score (nSPS) is 16.9. The molecule has 1 saturated heterocycles. The molecule has 1 aromatic heterocycles. The maximum absolute atomic E-state index is 6.21. The van der Waals surface area contributed by atoms with E-state index in [1.807, 2.05) is 13.0 Å². The molecular formula is C14H19N3OS. The Hall–Kier alpha value is -1.33. The van der Waals surface area contributed by atoms with Gasteiger partial charge in [0.2, 0.25) is 0 Å². The van der Waals surface area contributed by atoms with Gasteiger partial charge in [0.25, 0.3) is 0 Å². The molecule has 1 fully saturated rings. The Morgan fingerprint density at radius 1 is 1.37 bits per heavy atom. The molecule has 2 aromatic rings. The minimum atomic E-state index is 0.508. The van der Waals surface area contributed by atoms with E-state index >= 15 is 0 Å². The number of nitrogens with two attached hydrogens (primary N) is 1. The SMILES string of the molecule is Cc1nc2cc(N(C)C3CCOCC3)c(N)cc2s1. The Morgan fingerprint density at radius 2 is 2.11 bits per heavy atom. The van der Waals surface area contributed by atoms with Crippen LogP contribution in [-0.4, -0.2) is 31.3 Å². The van der Waals surface area contributed by atoms with Crippen LogP contribution in [0.2, 0.25) is 0 Å². The molecule has 0 spiro atoms. The Bertz CT molecular complexity index is 590. The number of nitrogen functional groups attached to an aromatic ring is 1. The highest BCUT2D eigenvalue weighted by Gasteiger charge is 2.20. The third kappa shape index (κ3) is 2.40. The molecule has 102 valence electrons. The molecule has 4 nitrogen and oxygen atoms in total. The van der Waals surface area contributed by atoms with Gasteiger partial charge in [0.15, 0.2) is 0 Å². The Kier molecular flexibility index (Phi) is 3.33. The lowest BCUT2D eigenvalue weighted by molar-refractivity contribution is 0.0855. The standard InChI is InChI=1S/C14H19N3OS/c1-9-16-12-8-13(11(15)7-14(12)19-9)17(2)10-3-5-18-6-4-10/h7-8,10H,3-6,15H2,1-2H3. The first-order valence-corrected chi connectivity index (χ1v) is 7.44. The monoisotopic (exact) mass is 277 g/mol. The van der Waals surface area contributed by atoms with Crippen molar-refractivity contribution in [3.8, 4) is 0 Å². The summed E-state index contributed by atoms with van der Waals surface area (Å²) < 4.78 is 6.59. The maximum atomic E-state index is 6.21. The Balaban J connectivity index is 1.96. The quantitative estimate of drug-likeness (QED) is 0.858. The number of aromatic nitrogens is 1. The van der Waals surface area contributed by atoms with Gasteiger partial charge in [0, 0.05) is 26.3 Å². The van der Waals surface area contributed by atoms with Gasteiger partial charge in [-0.1, -0.05) is 0 Å². The summed E-state index contributed by atoms with van der Waals surface area (Å²) in [6, 6.07) is 4.67. The van der Waals surface area contributed by atoms with Crippen LogP contribution in [0.5, 0.6) is 0 Å². The zero-order chi connectivity index (χ0) is 13.4. The van der Waals surface area contributed by atoms with Gasteiger partial charge < -0.3 is 15.4 Å². The zero-order valence-electron chi connectivity index (χ0n) is 11.3. The fraction of sp³-hybridized carbons (Fsp3) is 0.500. The summed E-state index contributed by atoms with van der Waals surface area (Å²) in [5.41, 5.74) is 9.18. The van der Waals surface area contributed by atoms with Gasteiger partial charge in [0.05, 0.1) is 26.6 Å². The number of benzene rings is 1. The van der Waals surface area contributed by atoms with Crippen LogP contribution in [0.1, 0.15) is 17.8 Å². The van der Waals surface area contributed by atoms with E-state index in [4.69, 9.17) is 10.5 Å². The van der Waals surface area contributed by atoms with Crippen molar-refractivity contribution >= 4 is 32.9 Å². The molecule has 0 aliphatic carbocycles. The molecule has 1 aromatic carbocycles. The number of anilines is 2. The van der Waals surface area contributed by atoms with Gasteiger partial charge in [-0.3, -0.25) is 0 Å². The lowest BCUT2D eigenvalue weighted by Crippen LogP contribution is -2.37. The highest BCUT2D eigenvalue weighted by molar-refractivity contribution is 7.18. The third-order valence-corrected chi connectivity index (χ3v) is 4.70. The van der Waals surface area contributed by atoms with E-state index in [1.165, 1.54) is 4.70 Å². The van der Waals surface area contributed by atoms with Crippen molar-refractivity contribution in [1.82, 2.24) is 4.98 Å². The molecule has 0 amide bonds. The first-order chi connectivity index (χ1) is 9.15. The van der Waals surface area contributed by atoms with E-state index in [2.05, 4.69) is 23.0 Å². The number of hydrogen-bond donors (Lipinski definition) is 1. The first-order valence-electron chi connectivity index (χ1n) is 6.62.